The number of nitrogens with zero attached hydrogens (tertiary/aromatic N) is 2. The van der Waals surface area contributed by atoms with Gasteiger partial charge in [-0.05, 0) is 25.2 Å². The number of halogens is 1. The van der Waals surface area contributed by atoms with Gasteiger partial charge in [0.1, 0.15) is 12.4 Å². The molecule has 0 N–H and O–H groups in total. The van der Waals surface area contributed by atoms with Crippen LogP contribution in [0.4, 0.5) is 4.39 Å². The molecular weight excluding hydrogens is 195 g/mol. The molecule has 1 heterocycles. The first-order valence-electron chi connectivity index (χ1n) is 5.40. The van der Waals surface area contributed by atoms with Gasteiger partial charge in [-0.1, -0.05) is 13.3 Å². The second-order valence-electron chi connectivity index (χ2n) is 4.10. The first-order valence-corrected chi connectivity index (χ1v) is 5.40. The van der Waals surface area contributed by atoms with Crippen LogP contribution in [0.1, 0.15) is 32.6 Å². The molecule has 1 saturated carbocycles. The summed E-state index contributed by atoms with van der Waals surface area (Å²) in [6.45, 7) is 2.17. The van der Waals surface area contributed by atoms with Crippen LogP contribution in [0.3, 0.4) is 0 Å². The van der Waals surface area contributed by atoms with Crippen molar-refractivity contribution in [1.82, 2.24) is 9.97 Å². The number of aromatic nitrogens is 2. The van der Waals surface area contributed by atoms with Crippen molar-refractivity contribution in [3.63, 3.8) is 0 Å². The first kappa shape index (κ1) is 10.3. The van der Waals surface area contributed by atoms with E-state index in [9.17, 15) is 4.39 Å². The molecule has 2 unspecified atom stereocenters. The first-order chi connectivity index (χ1) is 7.25. The molecule has 0 amide bonds. The molecule has 2 atom stereocenters. The van der Waals surface area contributed by atoms with Gasteiger partial charge in [0.05, 0.1) is 6.07 Å². The molecule has 4 heteroatoms. The van der Waals surface area contributed by atoms with E-state index in [1.807, 2.05) is 0 Å². The lowest BCUT2D eigenvalue weighted by molar-refractivity contribution is 0.0969. The third-order valence-electron chi connectivity index (χ3n) is 2.91. The standard InChI is InChI=1S/C11H15FN2O/c1-8-4-2-3-5-9(8)15-11-6-10(12)13-7-14-11/h6-9H,2-5H2,1H3. The second kappa shape index (κ2) is 4.55. The largest absolute Gasteiger partial charge is 0.474 e. The van der Waals surface area contributed by atoms with Crippen LogP contribution in [0, 0.1) is 11.9 Å². The van der Waals surface area contributed by atoms with Crippen molar-refractivity contribution in [3.8, 4) is 5.88 Å². The van der Waals surface area contributed by atoms with Crippen LogP contribution in [-0.4, -0.2) is 16.1 Å². The summed E-state index contributed by atoms with van der Waals surface area (Å²) in [5, 5.41) is 0. The molecule has 1 aliphatic rings. The molecule has 82 valence electrons. The predicted molar refractivity (Wildman–Crippen MR) is 54.0 cm³/mol. The van der Waals surface area contributed by atoms with E-state index in [0.717, 1.165) is 6.42 Å². The van der Waals surface area contributed by atoms with Crippen LogP contribution in [0.5, 0.6) is 5.88 Å². The molecule has 1 aromatic rings. The van der Waals surface area contributed by atoms with E-state index >= 15 is 0 Å². The minimum absolute atomic E-state index is 0.174. The lowest BCUT2D eigenvalue weighted by Crippen LogP contribution is -2.28. The average Bonchev–Trinajstić information content (AvgIpc) is 2.22. The number of hydrogen-bond acceptors (Lipinski definition) is 3. The van der Waals surface area contributed by atoms with Gasteiger partial charge in [-0.2, -0.15) is 4.39 Å². The molecule has 1 aliphatic carbocycles. The van der Waals surface area contributed by atoms with Crippen LogP contribution in [0.25, 0.3) is 0 Å². The Hall–Kier alpha value is -1.19. The summed E-state index contributed by atoms with van der Waals surface area (Å²) in [5.74, 6) is 0.335. The zero-order chi connectivity index (χ0) is 10.7. The van der Waals surface area contributed by atoms with Gasteiger partial charge in [0.2, 0.25) is 11.8 Å². The fourth-order valence-electron chi connectivity index (χ4n) is 1.99. The zero-order valence-electron chi connectivity index (χ0n) is 8.82. The molecule has 1 aromatic heterocycles. The third-order valence-corrected chi connectivity index (χ3v) is 2.91. The quantitative estimate of drug-likeness (QED) is 0.704. The van der Waals surface area contributed by atoms with Crippen LogP contribution in [0.15, 0.2) is 12.4 Å². The van der Waals surface area contributed by atoms with E-state index < -0.39 is 5.95 Å². The molecule has 0 saturated heterocycles. The van der Waals surface area contributed by atoms with Gasteiger partial charge < -0.3 is 4.74 Å². The normalized spacial score (nSPS) is 26.3. The van der Waals surface area contributed by atoms with E-state index in [4.69, 9.17) is 4.74 Å². The monoisotopic (exact) mass is 210 g/mol. The molecule has 3 nitrogen and oxygen atoms in total. The van der Waals surface area contributed by atoms with Crippen molar-refractivity contribution < 1.29 is 9.13 Å². The fraction of sp³-hybridized carbons (Fsp3) is 0.636. The van der Waals surface area contributed by atoms with Gasteiger partial charge in [-0.15, -0.1) is 0 Å². The summed E-state index contributed by atoms with van der Waals surface area (Å²) in [7, 11) is 0. The average molecular weight is 210 g/mol. The van der Waals surface area contributed by atoms with Crippen LogP contribution in [-0.2, 0) is 0 Å². The Labute approximate surface area is 88.7 Å². The van der Waals surface area contributed by atoms with E-state index in [1.165, 1.54) is 31.7 Å². The van der Waals surface area contributed by atoms with E-state index in [2.05, 4.69) is 16.9 Å². The van der Waals surface area contributed by atoms with Crippen molar-refractivity contribution in [2.24, 2.45) is 5.92 Å². The summed E-state index contributed by atoms with van der Waals surface area (Å²) in [4.78, 5) is 7.29. The maximum atomic E-state index is 12.8. The van der Waals surface area contributed by atoms with E-state index in [0.29, 0.717) is 11.8 Å². The molecule has 15 heavy (non-hydrogen) atoms. The molecule has 0 spiro atoms. The van der Waals surface area contributed by atoms with Crippen molar-refractivity contribution in [2.45, 2.75) is 38.7 Å². The summed E-state index contributed by atoms with van der Waals surface area (Å²) in [5.41, 5.74) is 0. The minimum atomic E-state index is -0.538. The minimum Gasteiger partial charge on any atom is -0.474 e. The molecule has 2 rings (SSSR count). The Morgan fingerprint density at radius 3 is 2.87 bits per heavy atom. The summed E-state index contributed by atoms with van der Waals surface area (Å²) in [6.07, 6.45) is 6.03. The highest BCUT2D eigenvalue weighted by molar-refractivity contribution is 5.07. The fourth-order valence-corrected chi connectivity index (χ4v) is 1.99. The third kappa shape index (κ3) is 2.64. The molecule has 0 bridgehead atoms. The van der Waals surface area contributed by atoms with Crippen molar-refractivity contribution in [3.05, 3.63) is 18.3 Å². The van der Waals surface area contributed by atoms with Crippen LogP contribution >= 0.6 is 0 Å². The SMILES string of the molecule is CC1CCCCC1Oc1cc(F)ncn1. The maximum Gasteiger partial charge on any atom is 0.219 e. The highest BCUT2D eigenvalue weighted by Crippen LogP contribution is 2.27. The Kier molecular flexibility index (Phi) is 3.14. The van der Waals surface area contributed by atoms with Gasteiger partial charge in [0, 0.05) is 0 Å². The lowest BCUT2D eigenvalue weighted by atomic mass is 9.88. The van der Waals surface area contributed by atoms with Gasteiger partial charge in [0.15, 0.2) is 0 Å². The van der Waals surface area contributed by atoms with Crippen molar-refractivity contribution >= 4 is 0 Å². The second-order valence-corrected chi connectivity index (χ2v) is 4.10. The summed E-state index contributed by atoms with van der Waals surface area (Å²) >= 11 is 0. The predicted octanol–water partition coefficient (Wildman–Crippen LogP) is 2.57. The smallest absolute Gasteiger partial charge is 0.219 e. The Balaban J connectivity index is 2.01. The number of hydrogen-bond donors (Lipinski definition) is 0. The van der Waals surface area contributed by atoms with Crippen molar-refractivity contribution in [2.75, 3.05) is 0 Å². The molecule has 0 aromatic carbocycles. The van der Waals surface area contributed by atoms with Gasteiger partial charge >= 0.3 is 0 Å². The van der Waals surface area contributed by atoms with Crippen molar-refractivity contribution in [1.29, 1.82) is 0 Å². The lowest BCUT2D eigenvalue weighted by Gasteiger charge is -2.28. The van der Waals surface area contributed by atoms with Crippen LogP contribution < -0.4 is 4.74 Å². The maximum absolute atomic E-state index is 12.8. The molecule has 0 aliphatic heterocycles. The Bertz CT molecular complexity index is 332. The number of rotatable bonds is 2. The Morgan fingerprint density at radius 1 is 1.33 bits per heavy atom. The van der Waals surface area contributed by atoms with E-state index in [1.54, 1.807) is 0 Å². The van der Waals surface area contributed by atoms with Gasteiger partial charge in [-0.3, -0.25) is 0 Å². The highest BCUT2D eigenvalue weighted by atomic mass is 19.1. The highest BCUT2D eigenvalue weighted by Gasteiger charge is 2.23. The topological polar surface area (TPSA) is 35.0 Å². The summed E-state index contributed by atoms with van der Waals surface area (Å²) in [6, 6.07) is 1.24. The molecule has 0 radical (unpaired) electrons. The molecular formula is C11H15FN2O. The zero-order valence-corrected chi connectivity index (χ0v) is 8.82. The van der Waals surface area contributed by atoms with Gasteiger partial charge in [0.25, 0.3) is 0 Å². The molecule has 1 fully saturated rings. The Morgan fingerprint density at radius 2 is 2.13 bits per heavy atom. The summed E-state index contributed by atoms with van der Waals surface area (Å²) < 4.78 is 18.4. The van der Waals surface area contributed by atoms with Crippen LogP contribution in [0.2, 0.25) is 0 Å². The van der Waals surface area contributed by atoms with E-state index in [-0.39, 0.29) is 6.10 Å². The number of ether oxygens (including phenoxy) is 1. The van der Waals surface area contributed by atoms with Gasteiger partial charge in [-0.25, -0.2) is 9.97 Å².